The van der Waals surface area contributed by atoms with Gasteiger partial charge >= 0.3 is 0 Å². The molecule has 0 unspecified atom stereocenters. The number of nitrogens with one attached hydrogen (secondary N) is 1. The van der Waals surface area contributed by atoms with Crippen LogP contribution < -0.4 is 5.32 Å². The fraction of sp³-hybridized carbons (Fsp3) is 0.500. The fourth-order valence-electron chi connectivity index (χ4n) is 3.69. The molecule has 1 saturated heterocycles. The summed E-state index contributed by atoms with van der Waals surface area (Å²) in [6, 6.07) is 9.83. The molecule has 2 aromatic rings. The van der Waals surface area contributed by atoms with Crippen LogP contribution in [0.5, 0.6) is 0 Å². The number of thioether (sulfide) groups is 1. The molecule has 156 valence electrons. The topological polar surface area (TPSA) is 67.2 Å². The van der Waals surface area contributed by atoms with E-state index in [4.69, 9.17) is 0 Å². The van der Waals surface area contributed by atoms with Crippen LogP contribution in [0.3, 0.4) is 0 Å². The van der Waals surface area contributed by atoms with Gasteiger partial charge in [-0.1, -0.05) is 49.7 Å². The average Bonchev–Trinajstić information content (AvgIpc) is 3.21. The zero-order chi connectivity index (χ0) is 20.6. The van der Waals surface area contributed by atoms with E-state index in [0.29, 0.717) is 31.6 Å². The van der Waals surface area contributed by atoms with Gasteiger partial charge in [0.25, 0.3) is 5.91 Å². The van der Waals surface area contributed by atoms with E-state index in [1.165, 1.54) is 11.8 Å². The molecule has 29 heavy (non-hydrogen) atoms. The predicted octanol–water partition coefficient (Wildman–Crippen LogP) is 3.75. The molecule has 1 N–H and O–H groups in total. The van der Waals surface area contributed by atoms with Crippen molar-refractivity contribution in [1.29, 1.82) is 0 Å². The van der Waals surface area contributed by atoms with Crippen molar-refractivity contribution in [3.8, 4) is 5.69 Å². The number of para-hydroxylation sites is 1. The molecule has 1 aliphatic heterocycles. The van der Waals surface area contributed by atoms with Gasteiger partial charge in [0, 0.05) is 31.2 Å². The van der Waals surface area contributed by atoms with Crippen LogP contribution in [0.25, 0.3) is 5.69 Å². The van der Waals surface area contributed by atoms with Gasteiger partial charge in [0.2, 0.25) is 5.91 Å². The molecule has 2 amide bonds. The van der Waals surface area contributed by atoms with Gasteiger partial charge in [-0.25, -0.2) is 4.98 Å². The second kappa shape index (κ2) is 10.5. The quantitative estimate of drug-likeness (QED) is 0.528. The number of carbonyl (C=O) groups excluding carboxylic acids is 2. The number of benzene rings is 1. The third-order valence-electron chi connectivity index (χ3n) is 5.38. The van der Waals surface area contributed by atoms with Crippen molar-refractivity contribution in [2.45, 2.75) is 44.2 Å². The Morgan fingerprint density at radius 2 is 1.90 bits per heavy atom. The SMILES string of the molecule is CCCCCNC(=O)C1CCN(C(=O)c2cnc(SC)n2-c2ccccc2)CC1. The Morgan fingerprint density at radius 3 is 2.55 bits per heavy atom. The largest absolute Gasteiger partial charge is 0.356 e. The van der Waals surface area contributed by atoms with Crippen LogP contribution in [-0.4, -0.2) is 52.2 Å². The smallest absolute Gasteiger partial charge is 0.272 e. The molecule has 0 atom stereocenters. The maximum Gasteiger partial charge on any atom is 0.272 e. The van der Waals surface area contributed by atoms with Crippen molar-refractivity contribution in [3.63, 3.8) is 0 Å². The number of piperidine rings is 1. The first-order chi connectivity index (χ1) is 14.2. The Hall–Kier alpha value is -2.28. The number of hydrogen-bond acceptors (Lipinski definition) is 4. The number of unbranched alkanes of at least 4 members (excludes halogenated alkanes) is 2. The van der Waals surface area contributed by atoms with Crippen LogP contribution in [0.2, 0.25) is 0 Å². The van der Waals surface area contributed by atoms with Crippen LogP contribution >= 0.6 is 11.8 Å². The number of nitrogens with zero attached hydrogens (tertiary/aromatic N) is 3. The molecule has 1 aromatic carbocycles. The van der Waals surface area contributed by atoms with E-state index < -0.39 is 0 Å². The minimum Gasteiger partial charge on any atom is -0.356 e. The van der Waals surface area contributed by atoms with Gasteiger partial charge in [0.15, 0.2) is 5.16 Å². The predicted molar refractivity (Wildman–Crippen MR) is 117 cm³/mol. The molecule has 0 aliphatic carbocycles. The molecule has 1 aromatic heterocycles. The molecule has 0 saturated carbocycles. The highest BCUT2D eigenvalue weighted by Gasteiger charge is 2.29. The van der Waals surface area contributed by atoms with E-state index in [2.05, 4.69) is 17.2 Å². The van der Waals surface area contributed by atoms with E-state index in [1.54, 1.807) is 6.20 Å². The van der Waals surface area contributed by atoms with Gasteiger partial charge < -0.3 is 10.2 Å². The fourth-order valence-corrected chi connectivity index (χ4v) is 4.24. The first-order valence-electron chi connectivity index (χ1n) is 10.4. The van der Waals surface area contributed by atoms with E-state index in [1.807, 2.05) is 46.1 Å². The Kier molecular flexibility index (Phi) is 7.75. The van der Waals surface area contributed by atoms with Crippen molar-refractivity contribution in [2.24, 2.45) is 5.92 Å². The molecule has 0 spiro atoms. The van der Waals surface area contributed by atoms with Gasteiger partial charge in [0.05, 0.1) is 6.20 Å². The summed E-state index contributed by atoms with van der Waals surface area (Å²) in [6.07, 6.45) is 8.35. The number of hydrogen-bond donors (Lipinski definition) is 1. The van der Waals surface area contributed by atoms with Crippen LogP contribution in [0.15, 0.2) is 41.7 Å². The maximum absolute atomic E-state index is 13.2. The van der Waals surface area contributed by atoms with E-state index >= 15 is 0 Å². The van der Waals surface area contributed by atoms with Crippen LogP contribution in [0.4, 0.5) is 0 Å². The Morgan fingerprint density at radius 1 is 1.17 bits per heavy atom. The monoisotopic (exact) mass is 414 g/mol. The van der Waals surface area contributed by atoms with E-state index in [-0.39, 0.29) is 17.7 Å². The summed E-state index contributed by atoms with van der Waals surface area (Å²) in [7, 11) is 0. The molecule has 0 radical (unpaired) electrons. The number of imidazole rings is 1. The molecule has 2 heterocycles. The van der Waals surface area contributed by atoms with Gasteiger partial charge in [-0.2, -0.15) is 0 Å². The molecule has 1 fully saturated rings. The van der Waals surface area contributed by atoms with Gasteiger partial charge in [-0.05, 0) is 37.7 Å². The average molecular weight is 415 g/mol. The van der Waals surface area contributed by atoms with Crippen molar-refractivity contribution in [2.75, 3.05) is 25.9 Å². The van der Waals surface area contributed by atoms with Crippen LogP contribution in [0, 0.1) is 5.92 Å². The van der Waals surface area contributed by atoms with Crippen LogP contribution in [0.1, 0.15) is 49.5 Å². The normalized spacial score (nSPS) is 14.8. The Balaban J connectivity index is 1.63. The lowest BCUT2D eigenvalue weighted by Gasteiger charge is -2.31. The summed E-state index contributed by atoms with van der Waals surface area (Å²) < 4.78 is 1.92. The highest BCUT2D eigenvalue weighted by atomic mass is 32.2. The van der Waals surface area contributed by atoms with Gasteiger partial charge in [-0.15, -0.1) is 0 Å². The lowest BCUT2D eigenvalue weighted by atomic mass is 9.95. The summed E-state index contributed by atoms with van der Waals surface area (Å²) in [5, 5.41) is 3.84. The molecule has 6 nitrogen and oxygen atoms in total. The molecular formula is C22H30N4O2S. The minimum absolute atomic E-state index is 0.00136. The van der Waals surface area contributed by atoms with Crippen molar-refractivity contribution in [1.82, 2.24) is 19.8 Å². The summed E-state index contributed by atoms with van der Waals surface area (Å²) in [4.78, 5) is 31.8. The molecule has 0 bridgehead atoms. The van der Waals surface area contributed by atoms with Crippen molar-refractivity contribution in [3.05, 3.63) is 42.2 Å². The number of likely N-dealkylation sites (tertiary alicyclic amines) is 1. The first-order valence-corrected chi connectivity index (χ1v) is 11.6. The maximum atomic E-state index is 13.2. The third kappa shape index (κ3) is 5.21. The lowest BCUT2D eigenvalue weighted by Crippen LogP contribution is -2.43. The van der Waals surface area contributed by atoms with Gasteiger partial charge in [0.1, 0.15) is 5.69 Å². The molecular weight excluding hydrogens is 384 g/mol. The highest BCUT2D eigenvalue weighted by molar-refractivity contribution is 7.98. The van der Waals surface area contributed by atoms with E-state index in [0.717, 1.165) is 36.7 Å². The van der Waals surface area contributed by atoms with Crippen molar-refractivity contribution >= 4 is 23.6 Å². The third-order valence-corrected chi connectivity index (χ3v) is 6.03. The highest BCUT2D eigenvalue weighted by Crippen LogP contribution is 2.25. The number of carbonyl (C=O) groups is 2. The van der Waals surface area contributed by atoms with E-state index in [9.17, 15) is 9.59 Å². The minimum atomic E-state index is -0.0246. The van der Waals surface area contributed by atoms with Crippen molar-refractivity contribution < 1.29 is 9.59 Å². The van der Waals surface area contributed by atoms with Crippen LogP contribution in [-0.2, 0) is 4.79 Å². The number of amides is 2. The Labute approximate surface area is 177 Å². The second-order valence-electron chi connectivity index (χ2n) is 7.37. The molecule has 1 aliphatic rings. The number of aromatic nitrogens is 2. The molecule has 7 heteroatoms. The standard InChI is InChI=1S/C22H30N4O2S/c1-3-4-8-13-23-20(27)17-11-14-25(15-12-17)21(28)19-16-24-22(29-2)26(19)18-9-6-5-7-10-18/h5-7,9-10,16-17H,3-4,8,11-15H2,1-2H3,(H,23,27). The second-order valence-corrected chi connectivity index (χ2v) is 8.14. The lowest BCUT2D eigenvalue weighted by molar-refractivity contribution is -0.126. The summed E-state index contributed by atoms with van der Waals surface area (Å²) in [5.41, 5.74) is 1.50. The Bertz CT molecular complexity index is 813. The number of rotatable bonds is 8. The zero-order valence-corrected chi connectivity index (χ0v) is 18.1. The molecule has 3 rings (SSSR count). The zero-order valence-electron chi connectivity index (χ0n) is 17.3. The summed E-state index contributed by atoms with van der Waals surface area (Å²) >= 11 is 1.52. The summed E-state index contributed by atoms with van der Waals surface area (Å²) in [5.74, 6) is 0.108. The van der Waals surface area contributed by atoms with Gasteiger partial charge in [-0.3, -0.25) is 14.2 Å². The first kappa shape index (κ1) is 21.4. The summed E-state index contributed by atoms with van der Waals surface area (Å²) in [6.45, 7) is 4.10.